The van der Waals surface area contributed by atoms with Gasteiger partial charge in [0, 0.05) is 11.9 Å². The molecule has 2 aromatic rings. The van der Waals surface area contributed by atoms with Gasteiger partial charge in [0.1, 0.15) is 11.1 Å². The topological polar surface area (TPSA) is 132 Å². The highest BCUT2D eigenvalue weighted by molar-refractivity contribution is 7.18. The molecule has 2 atom stereocenters. The molecule has 1 aromatic carbocycles. The molecule has 8 heteroatoms. The lowest BCUT2D eigenvalue weighted by Crippen LogP contribution is -2.40. The van der Waals surface area contributed by atoms with E-state index in [1.165, 1.54) is 17.4 Å². The maximum atomic E-state index is 11.8. The first-order chi connectivity index (χ1) is 10.5. The summed E-state index contributed by atoms with van der Waals surface area (Å²) in [5, 5.41) is 29.5. The quantitative estimate of drug-likeness (QED) is 0.488. The molecule has 6 N–H and O–H groups in total. The zero-order valence-corrected chi connectivity index (χ0v) is 12.4. The van der Waals surface area contributed by atoms with Crippen molar-refractivity contribution < 1.29 is 15.0 Å². The molecular formula is C14H16N4O3S. The number of para-hydroxylation sites is 1. The van der Waals surface area contributed by atoms with Crippen molar-refractivity contribution >= 4 is 33.7 Å². The summed E-state index contributed by atoms with van der Waals surface area (Å²) in [6, 6.07) is 7.30. The van der Waals surface area contributed by atoms with Crippen molar-refractivity contribution in [3.05, 3.63) is 41.0 Å². The second-order valence-electron chi connectivity index (χ2n) is 4.54. The van der Waals surface area contributed by atoms with E-state index >= 15 is 0 Å². The Bertz CT molecular complexity index is 680. The molecule has 22 heavy (non-hydrogen) atoms. The fraction of sp³-hybridized carbons (Fsp3) is 0.214. The monoisotopic (exact) mass is 320 g/mol. The maximum Gasteiger partial charge on any atom is 0.252 e. The summed E-state index contributed by atoms with van der Waals surface area (Å²) >= 11 is 1.22. The van der Waals surface area contributed by atoms with Crippen molar-refractivity contribution in [2.75, 3.05) is 6.54 Å². The van der Waals surface area contributed by atoms with Crippen molar-refractivity contribution in [1.82, 2.24) is 10.3 Å². The van der Waals surface area contributed by atoms with Crippen molar-refractivity contribution in [3.63, 3.8) is 0 Å². The molecule has 0 spiro atoms. The first-order valence-electron chi connectivity index (χ1n) is 6.47. The summed E-state index contributed by atoms with van der Waals surface area (Å²) in [5.41, 5.74) is 6.48. The number of aliphatic hydroxyl groups excluding tert-OH is 2. The van der Waals surface area contributed by atoms with E-state index in [0.717, 1.165) is 10.9 Å². The molecule has 0 fully saturated rings. The lowest BCUT2D eigenvalue weighted by molar-refractivity contribution is -0.135. The number of amides is 1. The van der Waals surface area contributed by atoms with Crippen LogP contribution < -0.4 is 11.1 Å². The van der Waals surface area contributed by atoms with Gasteiger partial charge in [-0.1, -0.05) is 12.1 Å². The van der Waals surface area contributed by atoms with Crippen LogP contribution >= 0.6 is 11.3 Å². The van der Waals surface area contributed by atoms with E-state index in [-0.39, 0.29) is 17.2 Å². The molecule has 0 bridgehead atoms. The number of benzene rings is 1. The molecule has 0 unspecified atom stereocenters. The third kappa shape index (κ3) is 3.67. The van der Waals surface area contributed by atoms with Gasteiger partial charge in [-0.05, 0) is 18.2 Å². The molecule has 0 radical (unpaired) electrons. The van der Waals surface area contributed by atoms with Crippen LogP contribution in [0.5, 0.6) is 0 Å². The zero-order chi connectivity index (χ0) is 16.1. The Kier molecular flexibility index (Phi) is 5.21. The van der Waals surface area contributed by atoms with Crippen LogP contribution in [-0.2, 0) is 4.79 Å². The highest BCUT2D eigenvalue weighted by Crippen LogP contribution is 2.27. The van der Waals surface area contributed by atoms with Crippen LogP contribution in [0, 0.1) is 5.41 Å². The van der Waals surface area contributed by atoms with E-state index in [2.05, 4.69) is 10.3 Å². The minimum absolute atomic E-state index is 0.0160. The molecule has 0 saturated heterocycles. The number of carbonyl (C=O) groups excluding carboxylic acids is 1. The van der Waals surface area contributed by atoms with Gasteiger partial charge < -0.3 is 26.7 Å². The predicted molar refractivity (Wildman–Crippen MR) is 84.7 cm³/mol. The van der Waals surface area contributed by atoms with E-state index in [4.69, 9.17) is 11.1 Å². The van der Waals surface area contributed by atoms with E-state index in [1.54, 1.807) is 6.07 Å². The smallest absolute Gasteiger partial charge is 0.252 e. The Balaban J connectivity index is 2.04. The number of allylic oxidation sites excluding steroid dienone is 1. The average Bonchev–Trinajstić information content (AvgIpc) is 2.95. The molecule has 0 aliphatic carbocycles. The number of nitrogens with one attached hydrogen (secondary N) is 2. The Morgan fingerprint density at radius 1 is 1.45 bits per heavy atom. The van der Waals surface area contributed by atoms with E-state index in [1.807, 2.05) is 18.2 Å². The Hall–Kier alpha value is -2.29. The van der Waals surface area contributed by atoms with Crippen LogP contribution in [0.15, 0.2) is 36.0 Å². The van der Waals surface area contributed by atoms with Gasteiger partial charge in [0.15, 0.2) is 6.10 Å². The van der Waals surface area contributed by atoms with E-state index < -0.39 is 18.1 Å². The Morgan fingerprint density at radius 2 is 2.18 bits per heavy atom. The van der Waals surface area contributed by atoms with Crippen LogP contribution in [0.3, 0.4) is 0 Å². The third-order valence-corrected chi connectivity index (χ3v) is 4.00. The minimum Gasteiger partial charge on any atom is -0.401 e. The van der Waals surface area contributed by atoms with Crippen molar-refractivity contribution in [3.8, 4) is 0 Å². The molecule has 0 aliphatic rings. The second kappa shape index (κ2) is 7.12. The summed E-state index contributed by atoms with van der Waals surface area (Å²) in [6.45, 7) is -0.0160. The SMILES string of the molecule is N=CC=C(N)CNC(=O)[C@H](O)[C@@H](O)c1nc2ccccc2s1. The second-order valence-corrected chi connectivity index (χ2v) is 5.60. The summed E-state index contributed by atoms with van der Waals surface area (Å²) in [5.74, 6) is -0.756. The van der Waals surface area contributed by atoms with Gasteiger partial charge in [0.05, 0.1) is 16.8 Å². The highest BCUT2D eigenvalue weighted by atomic mass is 32.1. The number of aliphatic hydroxyl groups is 2. The summed E-state index contributed by atoms with van der Waals surface area (Å²) in [7, 11) is 0. The van der Waals surface area contributed by atoms with Crippen molar-refractivity contribution in [2.24, 2.45) is 5.73 Å². The minimum atomic E-state index is -1.65. The highest BCUT2D eigenvalue weighted by Gasteiger charge is 2.28. The molecule has 1 amide bonds. The van der Waals surface area contributed by atoms with E-state index in [0.29, 0.717) is 5.52 Å². The summed E-state index contributed by atoms with van der Waals surface area (Å²) in [4.78, 5) is 16.0. The fourth-order valence-electron chi connectivity index (χ4n) is 1.75. The number of rotatable bonds is 6. The fourth-order valence-corrected chi connectivity index (χ4v) is 2.74. The molecule has 0 aliphatic heterocycles. The number of nitrogens with two attached hydrogens (primary N) is 1. The standard InChI is InChI=1S/C14H16N4O3S/c15-6-5-8(16)7-17-13(21)11(19)12(20)14-18-9-3-1-2-4-10(9)22-14/h1-6,11-12,15,19-20H,7,16H2,(H,17,21)/t11-,12-/m1/s1. The molecule has 0 saturated carbocycles. The lowest BCUT2D eigenvalue weighted by Gasteiger charge is -2.15. The van der Waals surface area contributed by atoms with Gasteiger partial charge in [-0.25, -0.2) is 4.98 Å². The Morgan fingerprint density at radius 3 is 2.86 bits per heavy atom. The summed E-state index contributed by atoms with van der Waals surface area (Å²) in [6.07, 6.45) is -0.747. The average molecular weight is 320 g/mol. The van der Waals surface area contributed by atoms with Gasteiger partial charge in [-0.3, -0.25) is 4.79 Å². The van der Waals surface area contributed by atoms with Gasteiger partial charge in [-0.15, -0.1) is 11.3 Å². The van der Waals surface area contributed by atoms with Crippen LogP contribution in [0.4, 0.5) is 0 Å². The maximum absolute atomic E-state index is 11.8. The zero-order valence-electron chi connectivity index (χ0n) is 11.6. The van der Waals surface area contributed by atoms with Crippen LogP contribution in [0.2, 0.25) is 0 Å². The van der Waals surface area contributed by atoms with Gasteiger partial charge in [0.2, 0.25) is 0 Å². The molecule has 2 rings (SSSR count). The molecule has 1 aromatic heterocycles. The van der Waals surface area contributed by atoms with Crippen LogP contribution in [0.1, 0.15) is 11.1 Å². The lowest BCUT2D eigenvalue weighted by atomic mass is 10.2. The number of thiazole rings is 1. The van der Waals surface area contributed by atoms with E-state index in [9.17, 15) is 15.0 Å². The van der Waals surface area contributed by atoms with Gasteiger partial charge in [0.25, 0.3) is 5.91 Å². The van der Waals surface area contributed by atoms with Gasteiger partial charge in [-0.2, -0.15) is 0 Å². The molecule has 116 valence electrons. The first kappa shape index (κ1) is 16.1. The molecule has 7 nitrogen and oxygen atoms in total. The predicted octanol–water partition coefficient (Wildman–Crippen LogP) is 0.299. The van der Waals surface area contributed by atoms with Crippen LogP contribution in [0.25, 0.3) is 10.2 Å². The number of hydrogen-bond donors (Lipinski definition) is 5. The number of nitrogens with zero attached hydrogens (tertiary/aromatic N) is 1. The normalized spacial score (nSPS) is 14.5. The number of carbonyl (C=O) groups is 1. The number of hydrogen-bond acceptors (Lipinski definition) is 7. The molecular weight excluding hydrogens is 304 g/mol. The van der Waals surface area contributed by atoms with Crippen molar-refractivity contribution in [1.29, 1.82) is 5.41 Å². The number of fused-ring (bicyclic) bond motifs is 1. The molecule has 1 heterocycles. The summed E-state index contributed by atoms with van der Waals surface area (Å²) < 4.78 is 0.863. The first-order valence-corrected chi connectivity index (χ1v) is 7.29. The largest absolute Gasteiger partial charge is 0.401 e. The third-order valence-electron chi connectivity index (χ3n) is 2.90. The van der Waals surface area contributed by atoms with Crippen molar-refractivity contribution in [2.45, 2.75) is 12.2 Å². The number of aromatic nitrogens is 1. The van der Waals surface area contributed by atoms with Crippen LogP contribution in [-0.4, -0.2) is 40.0 Å². The Labute approximate surface area is 130 Å². The van der Waals surface area contributed by atoms with Gasteiger partial charge >= 0.3 is 0 Å².